The molecule has 1 heterocycles. The molecular formula is C11H19N3O4S. The van der Waals surface area contributed by atoms with Gasteiger partial charge in [-0.25, -0.2) is 8.42 Å². The maximum atomic E-state index is 12.1. The second-order valence-electron chi connectivity index (χ2n) is 4.86. The summed E-state index contributed by atoms with van der Waals surface area (Å²) in [6, 6.07) is -1.13. The Morgan fingerprint density at radius 1 is 1.53 bits per heavy atom. The summed E-state index contributed by atoms with van der Waals surface area (Å²) in [6.45, 7) is 5.28. The highest BCUT2D eigenvalue weighted by Crippen LogP contribution is 2.15. The van der Waals surface area contributed by atoms with Gasteiger partial charge < -0.3 is 5.11 Å². The molecule has 0 bridgehead atoms. The van der Waals surface area contributed by atoms with Gasteiger partial charge in [0.2, 0.25) is 10.0 Å². The molecule has 0 aliphatic heterocycles. The number of aliphatic carboxylic acids is 1. The number of aryl methyl sites for hydroxylation is 1. The lowest BCUT2D eigenvalue weighted by molar-refractivity contribution is -0.139. The average molecular weight is 289 g/mol. The highest BCUT2D eigenvalue weighted by atomic mass is 32.2. The molecule has 8 heteroatoms. The molecule has 0 amide bonds. The molecule has 0 aromatic carbocycles. The van der Waals surface area contributed by atoms with Gasteiger partial charge in [0, 0.05) is 7.05 Å². The van der Waals surface area contributed by atoms with Crippen LogP contribution in [0.2, 0.25) is 0 Å². The molecule has 0 aliphatic carbocycles. The van der Waals surface area contributed by atoms with Crippen LogP contribution in [0.25, 0.3) is 0 Å². The van der Waals surface area contributed by atoms with Crippen molar-refractivity contribution < 1.29 is 18.3 Å². The number of nitrogens with one attached hydrogen (secondary N) is 1. The van der Waals surface area contributed by atoms with E-state index in [1.165, 1.54) is 10.9 Å². The van der Waals surface area contributed by atoms with Crippen LogP contribution >= 0.6 is 0 Å². The first kappa shape index (κ1) is 15.6. The molecule has 1 aromatic rings. The number of aromatic nitrogens is 2. The zero-order valence-electron chi connectivity index (χ0n) is 11.4. The molecule has 7 nitrogen and oxygen atoms in total. The van der Waals surface area contributed by atoms with Crippen LogP contribution in [-0.4, -0.2) is 35.3 Å². The molecule has 1 atom stereocenters. The highest BCUT2D eigenvalue weighted by molar-refractivity contribution is 7.89. The van der Waals surface area contributed by atoms with Crippen molar-refractivity contribution in [2.24, 2.45) is 13.0 Å². The van der Waals surface area contributed by atoms with Gasteiger partial charge in [-0.2, -0.15) is 9.82 Å². The number of carbonyl (C=O) groups is 1. The zero-order chi connectivity index (χ0) is 14.8. The Morgan fingerprint density at radius 3 is 2.47 bits per heavy atom. The van der Waals surface area contributed by atoms with E-state index in [4.69, 9.17) is 5.11 Å². The van der Waals surface area contributed by atoms with Crippen molar-refractivity contribution in [3.8, 4) is 0 Å². The number of hydrogen-bond donors (Lipinski definition) is 2. The summed E-state index contributed by atoms with van der Waals surface area (Å²) < 4.78 is 27.9. The number of nitrogens with zero attached hydrogens (tertiary/aromatic N) is 2. The van der Waals surface area contributed by atoms with Crippen LogP contribution in [0, 0.1) is 12.8 Å². The first-order valence-corrected chi connectivity index (χ1v) is 7.37. The monoisotopic (exact) mass is 289 g/mol. The molecule has 0 spiro atoms. The van der Waals surface area contributed by atoms with Gasteiger partial charge in [0.25, 0.3) is 0 Å². The number of rotatable bonds is 6. The summed E-state index contributed by atoms with van der Waals surface area (Å²) in [6.07, 6.45) is 1.44. The smallest absolute Gasteiger partial charge is 0.321 e. The Morgan fingerprint density at radius 2 is 2.11 bits per heavy atom. The molecule has 0 fully saturated rings. The van der Waals surface area contributed by atoms with E-state index in [2.05, 4.69) is 9.82 Å². The fourth-order valence-corrected chi connectivity index (χ4v) is 3.07. The third-order valence-electron chi connectivity index (χ3n) is 2.78. The first-order chi connectivity index (χ1) is 8.65. The highest BCUT2D eigenvalue weighted by Gasteiger charge is 2.28. The minimum Gasteiger partial charge on any atom is -0.480 e. The maximum Gasteiger partial charge on any atom is 0.321 e. The molecule has 0 unspecified atom stereocenters. The topological polar surface area (TPSA) is 101 Å². The molecule has 0 radical (unpaired) electrons. The van der Waals surface area contributed by atoms with Crippen LogP contribution in [0.4, 0.5) is 0 Å². The summed E-state index contributed by atoms with van der Waals surface area (Å²) in [5.41, 5.74) is 0.459. The molecule has 1 rings (SSSR count). The van der Waals surface area contributed by atoms with Crippen LogP contribution in [0.3, 0.4) is 0 Å². The van der Waals surface area contributed by atoms with Gasteiger partial charge in [0.15, 0.2) is 0 Å². The van der Waals surface area contributed by atoms with E-state index >= 15 is 0 Å². The van der Waals surface area contributed by atoms with E-state index in [9.17, 15) is 13.2 Å². The summed E-state index contributed by atoms with van der Waals surface area (Å²) in [5.74, 6) is -1.11. The van der Waals surface area contributed by atoms with E-state index in [-0.39, 0.29) is 17.2 Å². The van der Waals surface area contributed by atoms with Gasteiger partial charge in [-0.1, -0.05) is 13.8 Å². The van der Waals surface area contributed by atoms with Crippen molar-refractivity contribution in [2.75, 3.05) is 0 Å². The molecule has 0 aliphatic rings. The second kappa shape index (κ2) is 5.70. The first-order valence-electron chi connectivity index (χ1n) is 5.89. The van der Waals surface area contributed by atoms with Crippen molar-refractivity contribution in [2.45, 2.75) is 38.1 Å². The van der Waals surface area contributed by atoms with Crippen LogP contribution in [0.15, 0.2) is 11.1 Å². The van der Waals surface area contributed by atoms with E-state index in [0.717, 1.165) is 0 Å². The molecule has 19 heavy (non-hydrogen) atoms. The molecular weight excluding hydrogens is 270 g/mol. The molecule has 2 N–H and O–H groups in total. The van der Waals surface area contributed by atoms with E-state index < -0.39 is 22.0 Å². The number of carboxylic acid groups (broad SMARTS) is 1. The lowest BCUT2D eigenvalue weighted by atomic mass is 10.1. The minimum absolute atomic E-state index is 0.00464. The molecule has 108 valence electrons. The average Bonchev–Trinajstić information content (AvgIpc) is 2.58. The van der Waals surface area contributed by atoms with Gasteiger partial charge in [-0.05, 0) is 19.3 Å². The standard InChI is InChI=1S/C11H19N3O4S/c1-7(2)5-9(11(15)16)13-19(17,18)10-6-12-14(4)8(10)3/h6-7,9,13H,5H2,1-4H3,(H,15,16)/t9-/m0/s1. The summed E-state index contributed by atoms with van der Waals surface area (Å²) >= 11 is 0. The van der Waals surface area contributed by atoms with Gasteiger partial charge >= 0.3 is 5.97 Å². The molecule has 1 aromatic heterocycles. The Kier molecular flexibility index (Phi) is 4.70. The Balaban J connectivity index is 3.01. The SMILES string of the molecule is Cc1c(S(=O)(=O)N[C@@H](CC(C)C)C(=O)O)cnn1C. The van der Waals surface area contributed by atoms with Crippen LogP contribution in [-0.2, 0) is 21.9 Å². The van der Waals surface area contributed by atoms with Gasteiger partial charge in [0.05, 0.1) is 11.9 Å². The lowest BCUT2D eigenvalue weighted by Crippen LogP contribution is -2.41. The Labute approximate surface area is 112 Å². The number of carboxylic acids is 1. The van der Waals surface area contributed by atoms with Crippen LogP contribution in [0.5, 0.6) is 0 Å². The van der Waals surface area contributed by atoms with Gasteiger partial charge in [-0.15, -0.1) is 0 Å². The largest absolute Gasteiger partial charge is 0.480 e. The summed E-state index contributed by atoms with van der Waals surface area (Å²) in [5, 5.41) is 12.9. The Bertz CT molecular complexity index is 562. The predicted molar refractivity (Wildman–Crippen MR) is 69.1 cm³/mol. The van der Waals surface area contributed by atoms with Crippen molar-refractivity contribution in [3.05, 3.63) is 11.9 Å². The van der Waals surface area contributed by atoms with Gasteiger partial charge in [-0.3, -0.25) is 9.48 Å². The fourth-order valence-electron chi connectivity index (χ4n) is 1.66. The van der Waals surface area contributed by atoms with Crippen molar-refractivity contribution in [1.82, 2.24) is 14.5 Å². The summed E-state index contributed by atoms with van der Waals surface area (Å²) in [4.78, 5) is 11.1. The fraction of sp³-hybridized carbons (Fsp3) is 0.636. The minimum atomic E-state index is -3.87. The van der Waals surface area contributed by atoms with Crippen molar-refractivity contribution in [3.63, 3.8) is 0 Å². The summed E-state index contributed by atoms with van der Waals surface area (Å²) in [7, 11) is -2.25. The number of hydrogen-bond acceptors (Lipinski definition) is 4. The van der Waals surface area contributed by atoms with E-state index in [1.807, 2.05) is 13.8 Å². The van der Waals surface area contributed by atoms with Crippen LogP contribution < -0.4 is 4.72 Å². The van der Waals surface area contributed by atoms with Crippen LogP contribution in [0.1, 0.15) is 26.0 Å². The Hall–Kier alpha value is -1.41. The molecule has 0 saturated heterocycles. The van der Waals surface area contributed by atoms with E-state index in [1.54, 1.807) is 14.0 Å². The third kappa shape index (κ3) is 3.77. The van der Waals surface area contributed by atoms with Gasteiger partial charge in [0.1, 0.15) is 10.9 Å². The molecule has 0 saturated carbocycles. The number of sulfonamides is 1. The maximum absolute atomic E-state index is 12.1. The lowest BCUT2D eigenvalue weighted by Gasteiger charge is -2.16. The van der Waals surface area contributed by atoms with Crippen molar-refractivity contribution >= 4 is 16.0 Å². The normalized spacial score (nSPS) is 13.7. The quantitative estimate of drug-likeness (QED) is 0.794. The van der Waals surface area contributed by atoms with Crippen molar-refractivity contribution in [1.29, 1.82) is 0 Å². The predicted octanol–water partition coefficient (Wildman–Crippen LogP) is 0.506. The zero-order valence-corrected chi connectivity index (χ0v) is 12.2. The second-order valence-corrected chi connectivity index (χ2v) is 6.54. The third-order valence-corrected chi connectivity index (χ3v) is 4.36. The van der Waals surface area contributed by atoms with E-state index in [0.29, 0.717) is 5.69 Å².